The van der Waals surface area contributed by atoms with Crippen molar-refractivity contribution >= 4 is 34.8 Å². The van der Waals surface area contributed by atoms with Crippen LogP contribution in [0.1, 0.15) is 6.42 Å². The van der Waals surface area contributed by atoms with Crippen molar-refractivity contribution in [2.24, 2.45) is 5.92 Å². The van der Waals surface area contributed by atoms with E-state index in [-0.39, 0.29) is 10.9 Å². The number of hydrogen-bond donors (Lipinski definition) is 1. The lowest BCUT2D eigenvalue weighted by Crippen LogP contribution is -2.33. The average molecular weight is 333 g/mol. The van der Waals surface area contributed by atoms with Gasteiger partial charge in [-0.1, -0.05) is 29.8 Å². The summed E-state index contributed by atoms with van der Waals surface area (Å²) in [5, 5.41) is 2.70. The molecule has 1 atom stereocenters. The summed E-state index contributed by atoms with van der Waals surface area (Å²) in [6.45, 7) is 0.484. The van der Waals surface area contributed by atoms with Crippen LogP contribution in [0.3, 0.4) is 0 Å². The first-order chi connectivity index (χ1) is 11.1. The second-order valence-corrected chi connectivity index (χ2v) is 5.69. The van der Waals surface area contributed by atoms with Gasteiger partial charge in [-0.15, -0.1) is 0 Å². The second kappa shape index (κ2) is 6.38. The quantitative estimate of drug-likeness (QED) is 0.875. The van der Waals surface area contributed by atoms with Gasteiger partial charge >= 0.3 is 0 Å². The maximum absolute atomic E-state index is 13.0. The van der Waals surface area contributed by atoms with Crippen molar-refractivity contribution in [2.45, 2.75) is 6.42 Å². The first-order valence-electron chi connectivity index (χ1n) is 7.18. The number of nitrogens with one attached hydrogen (secondary N) is 1. The van der Waals surface area contributed by atoms with E-state index in [4.69, 9.17) is 11.6 Å². The molecule has 0 spiro atoms. The molecule has 0 unspecified atom stereocenters. The summed E-state index contributed by atoms with van der Waals surface area (Å²) in [4.78, 5) is 26.4. The molecule has 4 nitrogen and oxygen atoms in total. The number of rotatable bonds is 3. The fourth-order valence-electron chi connectivity index (χ4n) is 2.60. The number of halogens is 2. The highest BCUT2D eigenvalue weighted by Gasteiger charge is 2.37. The first-order valence-corrected chi connectivity index (χ1v) is 7.56. The molecule has 2 aromatic carbocycles. The Morgan fingerprint density at radius 2 is 1.96 bits per heavy atom. The number of nitrogens with zero attached hydrogens (tertiary/aromatic N) is 1. The number of benzene rings is 2. The molecule has 2 aromatic rings. The third-order valence-electron chi connectivity index (χ3n) is 3.78. The van der Waals surface area contributed by atoms with Gasteiger partial charge in [0.25, 0.3) is 0 Å². The molecule has 2 amide bonds. The van der Waals surface area contributed by atoms with E-state index in [0.717, 1.165) is 11.8 Å². The Bertz CT molecular complexity index is 752. The van der Waals surface area contributed by atoms with Gasteiger partial charge in [0.15, 0.2) is 0 Å². The van der Waals surface area contributed by atoms with Crippen LogP contribution in [-0.2, 0) is 9.59 Å². The minimum absolute atomic E-state index is 0.101. The Morgan fingerprint density at radius 1 is 1.22 bits per heavy atom. The van der Waals surface area contributed by atoms with Gasteiger partial charge in [-0.25, -0.2) is 4.39 Å². The van der Waals surface area contributed by atoms with Gasteiger partial charge in [0.05, 0.1) is 10.7 Å². The Kier molecular flexibility index (Phi) is 4.30. The molecule has 1 saturated heterocycles. The largest absolute Gasteiger partial charge is 0.324 e. The molecule has 0 aliphatic carbocycles. The molecule has 1 aliphatic rings. The molecule has 0 aromatic heterocycles. The van der Waals surface area contributed by atoms with Crippen molar-refractivity contribution in [1.82, 2.24) is 0 Å². The van der Waals surface area contributed by atoms with Crippen LogP contribution in [0.2, 0.25) is 5.02 Å². The first kappa shape index (κ1) is 15.5. The van der Waals surface area contributed by atoms with Crippen LogP contribution in [0.5, 0.6) is 0 Å². The summed E-state index contributed by atoms with van der Waals surface area (Å²) in [5.74, 6) is -1.93. The van der Waals surface area contributed by atoms with Crippen LogP contribution in [0.25, 0.3) is 0 Å². The summed E-state index contributed by atoms with van der Waals surface area (Å²) < 4.78 is 13.0. The molecule has 0 saturated carbocycles. The summed E-state index contributed by atoms with van der Waals surface area (Å²) in [7, 11) is 0. The zero-order chi connectivity index (χ0) is 16.4. The van der Waals surface area contributed by atoms with Crippen LogP contribution in [0.15, 0.2) is 48.5 Å². The fourth-order valence-corrected chi connectivity index (χ4v) is 2.81. The standard InChI is InChI=1S/C17H14ClFN2O2/c18-14-10-11(19)6-7-15(14)20-16(22)13-8-9-21(17(13)23)12-4-2-1-3-5-12/h1-7,10,13H,8-9H2,(H,20,22)/t13-/m0/s1. The van der Waals surface area contributed by atoms with E-state index in [0.29, 0.717) is 18.7 Å². The van der Waals surface area contributed by atoms with E-state index in [1.807, 2.05) is 30.3 Å². The highest BCUT2D eigenvalue weighted by atomic mass is 35.5. The van der Waals surface area contributed by atoms with Crippen LogP contribution in [0.4, 0.5) is 15.8 Å². The number of hydrogen-bond acceptors (Lipinski definition) is 2. The summed E-state index contributed by atoms with van der Waals surface area (Å²) in [5.41, 5.74) is 1.07. The number of amides is 2. The molecule has 1 fully saturated rings. The monoisotopic (exact) mass is 332 g/mol. The summed E-state index contributed by atoms with van der Waals surface area (Å²) >= 11 is 5.89. The Hall–Kier alpha value is -2.40. The average Bonchev–Trinajstić information content (AvgIpc) is 2.92. The van der Waals surface area contributed by atoms with E-state index in [1.165, 1.54) is 12.1 Å². The van der Waals surface area contributed by atoms with Crippen molar-refractivity contribution in [3.8, 4) is 0 Å². The van der Waals surface area contributed by atoms with E-state index in [1.54, 1.807) is 4.90 Å². The normalized spacial score (nSPS) is 17.4. The lowest BCUT2D eigenvalue weighted by Gasteiger charge is -2.16. The van der Waals surface area contributed by atoms with E-state index < -0.39 is 17.6 Å². The summed E-state index contributed by atoms with van der Waals surface area (Å²) in [6.07, 6.45) is 0.429. The molecule has 1 aliphatic heterocycles. The Balaban J connectivity index is 1.72. The zero-order valence-corrected chi connectivity index (χ0v) is 12.9. The van der Waals surface area contributed by atoms with Crippen molar-refractivity contribution in [1.29, 1.82) is 0 Å². The van der Waals surface area contributed by atoms with Gasteiger partial charge < -0.3 is 10.2 Å². The van der Waals surface area contributed by atoms with Crippen LogP contribution in [0, 0.1) is 11.7 Å². The van der Waals surface area contributed by atoms with Gasteiger partial charge in [0.1, 0.15) is 11.7 Å². The van der Waals surface area contributed by atoms with E-state index in [9.17, 15) is 14.0 Å². The lowest BCUT2D eigenvalue weighted by molar-refractivity contribution is -0.129. The minimum atomic E-state index is -0.767. The van der Waals surface area contributed by atoms with Gasteiger partial charge in [0.2, 0.25) is 11.8 Å². The van der Waals surface area contributed by atoms with Crippen molar-refractivity contribution in [3.05, 3.63) is 59.4 Å². The molecule has 1 N–H and O–H groups in total. The highest BCUT2D eigenvalue weighted by Crippen LogP contribution is 2.28. The molecule has 118 valence electrons. The smallest absolute Gasteiger partial charge is 0.239 e. The summed E-state index contributed by atoms with van der Waals surface area (Å²) in [6, 6.07) is 12.9. The van der Waals surface area contributed by atoms with Crippen LogP contribution < -0.4 is 10.2 Å². The molecule has 23 heavy (non-hydrogen) atoms. The molecular weight excluding hydrogens is 319 g/mol. The van der Waals surface area contributed by atoms with Crippen LogP contribution in [-0.4, -0.2) is 18.4 Å². The molecule has 0 radical (unpaired) electrons. The second-order valence-electron chi connectivity index (χ2n) is 5.28. The van der Waals surface area contributed by atoms with Gasteiger partial charge in [-0.3, -0.25) is 9.59 Å². The SMILES string of the molecule is O=C(Nc1ccc(F)cc1Cl)[C@@H]1CCN(c2ccccc2)C1=O. The Labute approximate surface area is 137 Å². The van der Waals surface area contributed by atoms with Gasteiger partial charge in [-0.05, 0) is 36.8 Å². The molecule has 3 rings (SSSR count). The van der Waals surface area contributed by atoms with Gasteiger partial charge in [0, 0.05) is 12.2 Å². The molecule has 6 heteroatoms. The predicted molar refractivity (Wildman–Crippen MR) is 86.9 cm³/mol. The molecular formula is C17H14ClFN2O2. The third-order valence-corrected chi connectivity index (χ3v) is 4.09. The number of carbonyl (C=O) groups excluding carboxylic acids is 2. The molecule has 0 bridgehead atoms. The third kappa shape index (κ3) is 3.19. The maximum atomic E-state index is 13.0. The highest BCUT2D eigenvalue weighted by molar-refractivity contribution is 6.33. The van der Waals surface area contributed by atoms with Crippen molar-refractivity contribution in [3.63, 3.8) is 0 Å². The number of anilines is 2. The van der Waals surface area contributed by atoms with E-state index >= 15 is 0 Å². The molecule has 1 heterocycles. The zero-order valence-electron chi connectivity index (χ0n) is 12.1. The van der Waals surface area contributed by atoms with Gasteiger partial charge in [-0.2, -0.15) is 0 Å². The topological polar surface area (TPSA) is 49.4 Å². The Morgan fingerprint density at radius 3 is 2.65 bits per heavy atom. The maximum Gasteiger partial charge on any atom is 0.239 e. The van der Waals surface area contributed by atoms with Crippen LogP contribution >= 0.6 is 11.6 Å². The minimum Gasteiger partial charge on any atom is -0.324 e. The van der Waals surface area contributed by atoms with Crippen molar-refractivity contribution < 1.29 is 14.0 Å². The van der Waals surface area contributed by atoms with E-state index in [2.05, 4.69) is 5.32 Å². The lowest BCUT2D eigenvalue weighted by atomic mass is 10.1. The number of para-hydroxylation sites is 1. The van der Waals surface area contributed by atoms with Crippen molar-refractivity contribution in [2.75, 3.05) is 16.8 Å². The fraction of sp³-hybridized carbons (Fsp3) is 0.176. The number of carbonyl (C=O) groups is 2. The predicted octanol–water partition coefficient (Wildman–Crippen LogP) is 3.47.